The van der Waals surface area contributed by atoms with Crippen LogP contribution in [-0.2, 0) is 14.8 Å². The van der Waals surface area contributed by atoms with Gasteiger partial charge >= 0.3 is 0 Å². The highest BCUT2D eigenvalue weighted by Gasteiger charge is 2.32. The standard InChI is InChI=1S/C15H22N4O3S/c20-15(14-8-9-16-17-14)19-10-4-5-12(11-19)18-23(21,22)13-6-2-1-3-7-13/h1-3,6-7,12,14,16-18H,4-5,8-11H2. The summed E-state index contributed by atoms with van der Waals surface area (Å²) in [6.45, 7) is 1.87. The average Bonchev–Trinajstić information content (AvgIpc) is 3.09. The van der Waals surface area contributed by atoms with E-state index in [-0.39, 0.29) is 22.9 Å². The summed E-state index contributed by atoms with van der Waals surface area (Å²) in [5, 5.41) is 0. The van der Waals surface area contributed by atoms with E-state index >= 15 is 0 Å². The van der Waals surface area contributed by atoms with Crippen LogP contribution in [0.2, 0.25) is 0 Å². The molecule has 2 heterocycles. The van der Waals surface area contributed by atoms with Crippen LogP contribution in [0.5, 0.6) is 0 Å². The fourth-order valence-corrected chi connectivity index (χ4v) is 4.33. The van der Waals surface area contributed by atoms with Crippen LogP contribution in [0.3, 0.4) is 0 Å². The lowest BCUT2D eigenvalue weighted by Crippen LogP contribution is -2.53. The fraction of sp³-hybridized carbons (Fsp3) is 0.533. The van der Waals surface area contributed by atoms with Gasteiger partial charge in [-0.2, -0.15) is 0 Å². The predicted octanol–water partition coefficient (Wildman–Crippen LogP) is -0.178. The van der Waals surface area contributed by atoms with E-state index in [9.17, 15) is 13.2 Å². The van der Waals surface area contributed by atoms with Gasteiger partial charge in [0, 0.05) is 25.7 Å². The molecular formula is C15H22N4O3S. The highest BCUT2D eigenvalue weighted by Crippen LogP contribution is 2.16. The maximum Gasteiger partial charge on any atom is 0.241 e. The molecule has 2 fully saturated rings. The van der Waals surface area contributed by atoms with Gasteiger partial charge in [-0.3, -0.25) is 10.2 Å². The van der Waals surface area contributed by atoms with E-state index in [2.05, 4.69) is 15.6 Å². The number of nitrogens with one attached hydrogen (secondary N) is 3. The molecule has 2 saturated heterocycles. The Bertz CT molecular complexity index is 644. The van der Waals surface area contributed by atoms with Crippen molar-refractivity contribution in [3.05, 3.63) is 30.3 Å². The number of hydrogen-bond donors (Lipinski definition) is 3. The molecule has 2 atom stereocenters. The Hall–Kier alpha value is -1.48. The number of piperidine rings is 1. The van der Waals surface area contributed by atoms with Crippen molar-refractivity contribution in [2.45, 2.75) is 36.2 Å². The topological polar surface area (TPSA) is 90.5 Å². The molecule has 2 unspecified atom stereocenters. The van der Waals surface area contributed by atoms with Gasteiger partial charge in [0.05, 0.1) is 4.90 Å². The highest BCUT2D eigenvalue weighted by atomic mass is 32.2. The van der Waals surface area contributed by atoms with Gasteiger partial charge in [0.15, 0.2) is 0 Å². The summed E-state index contributed by atoms with van der Waals surface area (Å²) < 4.78 is 27.5. The maximum atomic E-state index is 12.4. The Labute approximate surface area is 136 Å². The lowest BCUT2D eigenvalue weighted by molar-refractivity contribution is -0.134. The van der Waals surface area contributed by atoms with E-state index in [0.29, 0.717) is 13.1 Å². The Morgan fingerprint density at radius 2 is 2.00 bits per heavy atom. The Morgan fingerprint density at radius 1 is 1.22 bits per heavy atom. The third-order valence-electron chi connectivity index (χ3n) is 4.24. The van der Waals surface area contributed by atoms with Gasteiger partial charge in [-0.05, 0) is 31.4 Å². The number of sulfonamides is 1. The summed E-state index contributed by atoms with van der Waals surface area (Å²) in [5.41, 5.74) is 5.92. The molecule has 2 aliphatic rings. The lowest BCUT2D eigenvalue weighted by atomic mass is 10.1. The molecule has 1 aromatic rings. The molecule has 0 aromatic heterocycles. The minimum atomic E-state index is -3.54. The van der Waals surface area contributed by atoms with E-state index < -0.39 is 10.0 Å². The quantitative estimate of drug-likeness (QED) is 0.709. The molecule has 0 aliphatic carbocycles. The van der Waals surface area contributed by atoms with Crippen molar-refractivity contribution in [2.75, 3.05) is 19.6 Å². The summed E-state index contributed by atoms with van der Waals surface area (Å²) in [5.74, 6) is 0.0404. The van der Waals surface area contributed by atoms with Crippen molar-refractivity contribution in [3.8, 4) is 0 Å². The molecule has 8 heteroatoms. The zero-order chi connectivity index (χ0) is 16.3. The number of carbonyl (C=O) groups is 1. The van der Waals surface area contributed by atoms with E-state index in [1.807, 2.05) is 0 Å². The van der Waals surface area contributed by atoms with Gasteiger partial charge < -0.3 is 4.90 Å². The second-order valence-electron chi connectivity index (χ2n) is 5.97. The number of rotatable bonds is 4. The van der Waals surface area contributed by atoms with Crippen LogP contribution in [0.25, 0.3) is 0 Å². The van der Waals surface area contributed by atoms with Gasteiger partial charge in [-0.15, -0.1) is 0 Å². The largest absolute Gasteiger partial charge is 0.340 e. The normalized spacial score (nSPS) is 25.5. The van der Waals surface area contributed by atoms with Gasteiger partial charge in [0.1, 0.15) is 6.04 Å². The summed E-state index contributed by atoms with van der Waals surface area (Å²) in [4.78, 5) is 14.4. The Morgan fingerprint density at radius 3 is 2.70 bits per heavy atom. The SMILES string of the molecule is O=C(C1CCNN1)N1CCCC(NS(=O)(=O)c2ccccc2)C1. The summed E-state index contributed by atoms with van der Waals surface area (Å²) in [7, 11) is -3.54. The molecule has 2 aliphatic heterocycles. The van der Waals surface area contributed by atoms with Crippen LogP contribution < -0.4 is 15.6 Å². The summed E-state index contributed by atoms with van der Waals surface area (Å²) >= 11 is 0. The van der Waals surface area contributed by atoms with Crippen LogP contribution in [0, 0.1) is 0 Å². The van der Waals surface area contributed by atoms with Crippen molar-refractivity contribution < 1.29 is 13.2 Å². The summed E-state index contributed by atoms with van der Waals surface area (Å²) in [6.07, 6.45) is 2.30. The van der Waals surface area contributed by atoms with Crippen LogP contribution in [0.1, 0.15) is 19.3 Å². The van der Waals surface area contributed by atoms with E-state index in [0.717, 1.165) is 25.8 Å². The highest BCUT2D eigenvalue weighted by molar-refractivity contribution is 7.89. The molecule has 0 spiro atoms. The first-order chi connectivity index (χ1) is 11.1. The van der Waals surface area contributed by atoms with E-state index in [4.69, 9.17) is 0 Å². The number of carbonyl (C=O) groups excluding carboxylic acids is 1. The molecule has 1 aromatic carbocycles. The van der Waals surface area contributed by atoms with Crippen molar-refractivity contribution in [1.29, 1.82) is 0 Å². The van der Waals surface area contributed by atoms with Crippen LogP contribution in [0.4, 0.5) is 0 Å². The van der Waals surface area contributed by atoms with E-state index in [1.54, 1.807) is 35.2 Å². The van der Waals surface area contributed by atoms with Crippen LogP contribution >= 0.6 is 0 Å². The minimum Gasteiger partial charge on any atom is -0.340 e. The Kier molecular flexibility index (Phi) is 4.96. The van der Waals surface area contributed by atoms with Gasteiger partial charge in [-0.25, -0.2) is 18.6 Å². The smallest absolute Gasteiger partial charge is 0.241 e. The minimum absolute atomic E-state index is 0.0404. The number of likely N-dealkylation sites (tertiary alicyclic amines) is 1. The summed E-state index contributed by atoms with van der Waals surface area (Å²) in [6, 6.07) is 7.87. The third-order valence-corrected chi connectivity index (χ3v) is 5.78. The van der Waals surface area contributed by atoms with Gasteiger partial charge in [-0.1, -0.05) is 18.2 Å². The second kappa shape index (κ2) is 6.96. The molecule has 3 rings (SSSR count). The molecule has 3 N–H and O–H groups in total. The third kappa shape index (κ3) is 3.89. The molecule has 0 bridgehead atoms. The molecule has 1 amide bonds. The molecule has 0 radical (unpaired) electrons. The van der Waals surface area contributed by atoms with Crippen LogP contribution in [-0.4, -0.2) is 50.9 Å². The maximum absolute atomic E-state index is 12.4. The molecule has 7 nitrogen and oxygen atoms in total. The number of hydrogen-bond acceptors (Lipinski definition) is 5. The van der Waals surface area contributed by atoms with E-state index in [1.165, 1.54) is 0 Å². The van der Waals surface area contributed by atoms with Crippen molar-refractivity contribution in [3.63, 3.8) is 0 Å². The van der Waals surface area contributed by atoms with Gasteiger partial charge in [0.2, 0.25) is 15.9 Å². The first-order valence-electron chi connectivity index (χ1n) is 7.91. The predicted molar refractivity (Wildman–Crippen MR) is 85.9 cm³/mol. The monoisotopic (exact) mass is 338 g/mol. The number of benzene rings is 1. The van der Waals surface area contributed by atoms with Crippen LogP contribution in [0.15, 0.2) is 35.2 Å². The first kappa shape index (κ1) is 16.4. The number of amides is 1. The van der Waals surface area contributed by atoms with Crippen molar-refractivity contribution in [1.82, 2.24) is 20.5 Å². The number of nitrogens with zero attached hydrogens (tertiary/aromatic N) is 1. The average molecular weight is 338 g/mol. The zero-order valence-corrected chi connectivity index (χ0v) is 13.7. The molecule has 23 heavy (non-hydrogen) atoms. The molecule has 126 valence electrons. The number of hydrazine groups is 1. The molecular weight excluding hydrogens is 316 g/mol. The second-order valence-corrected chi connectivity index (χ2v) is 7.68. The lowest BCUT2D eigenvalue weighted by Gasteiger charge is -2.34. The first-order valence-corrected chi connectivity index (χ1v) is 9.39. The fourth-order valence-electron chi connectivity index (χ4n) is 3.05. The molecule has 0 saturated carbocycles. The van der Waals surface area contributed by atoms with Crippen molar-refractivity contribution >= 4 is 15.9 Å². The van der Waals surface area contributed by atoms with Gasteiger partial charge in [0.25, 0.3) is 0 Å². The zero-order valence-electron chi connectivity index (χ0n) is 12.9. The Balaban J connectivity index is 1.63. The van der Waals surface area contributed by atoms with Crippen molar-refractivity contribution in [2.24, 2.45) is 0 Å².